The Morgan fingerprint density at radius 2 is 2.25 bits per heavy atom. The van der Waals surface area contributed by atoms with Gasteiger partial charge >= 0.3 is 5.97 Å². The van der Waals surface area contributed by atoms with Gasteiger partial charge in [-0.25, -0.2) is 9.78 Å². The number of hydrogen-bond acceptors (Lipinski definition) is 4. The summed E-state index contributed by atoms with van der Waals surface area (Å²) in [5.74, 6) is -0.717. The Labute approximate surface area is 98.1 Å². The van der Waals surface area contributed by atoms with Gasteiger partial charge in [-0.2, -0.15) is 0 Å². The summed E-state index contributed by atoms with van der Waals surface area (Å²) in [6.45, 7) is 0.731. The maximum atomic E-state index is 10.8. The maximum absolute atomic E-state index is 10.8. The van der Waals surface area contributed by atoms with Crippen LogP contribution in [0.4, 0.5) is 5.82 Å². The van der Waals surface area contributed by atoms with Gasteiger partial charge in [-0.3, -0.25) is 0 Å². The minimum absolute atomic E-state index is 0.0290. The second-order valence-electron chi connectivity index (χ2n) is 3.18. The van der Waals surface area contributed by atoms with E-state index >= 15 is 0 Å². The molecule has 88 valence electrons. The highest BCUT2D eigenvalue weighted by molar-refractivity contribution is 6.35. The summed E-state index contributed by atoms with van der Waals surface area (Å²) < 4.78 is 0. The molecule has 0 bridgehead atoms. The number of carboxylic acids is 1. The smallest absolute Gasteiger partial charge is 0.337 e. The van der Waals surface area contributed by atoms with Crippen molar-refractivity contribution in [2.45, 2.75) is 12.8 Å². The summed E-state index contributed by atoms with van der Waals surface area (Å²) in [5.41, 5.74) is 0.0290. The van der Waals surface area contributed by atoms with Crippen LogP contribution in [-0.4, -0.2) is 34.3 Å². The monoisotopic (exact) mass is 244 g/mol. The summed E-state index contributed by atoms with van der Waals surface area (Å²) in [6, 6.07) is 1.35. The van der Waals surface area contributed by atoms with Crippen LogP contribution >= 0.6 is 11.6 Å². The lowest BCUT2D eigenvalue weighted by Gasteiger charge is -2.08. The number of aromatic nitrogens is 1. The second kappa shape index (κ2) is 6.30. The summed E-state index contributed by atoms with van der Waals surface area (Å²) in [4.78, 5) is 14.7. The Kier molecular flexibility index (Phi) is 5.01. The van der Waals surface area contributed by atoms with Crippen LogP contribution in [0.1, 0.15) is 23.2 Å². The van der Waals surface area contributed by atoms with Gasteiger partial charge < -0.3 is 15.5 Å². The van der Waals surface area contributed by atoms with E-state index in [0.29, 0.717) is 18.8 Å². The number of aromatic carboxylic acids is 1. The molecule has 1 heterocycles. The van der Waals surface area contributed by atoms with Crippen molar-refractivity contribution in [2.24, 2.45) is 0 Å². The van der Waals surface area contributed by atoms with Crippen molar-refractivity contribution in [3.05, 3.63) is 22.8 Å². The van der Waals surface area contributed by atoms with Crippen LogP contribution in [0.3, 0.4) is 0 Å². The van der Waals surface area contributed by atoms with E-state index < -0.39 is 5.97 Å². The van der Waals surface area contributed by atoms with E-state index in [4.69, 9.17) is 21.8 Å². The van der Waals surface area contributed by atoms with E-state index in [1.165, 1.54) is 12.3 Å². The molecule has 3 N–H and O–H groups in total. The lowest BCUT2D eigenvalue weighted by atomic mass is 10.2. The first-order chi connectivity index (χ1) is 7.66. The standard InChI is InChI=1S/C10H13ClN2O3/c11-8-7(10(15)16)3-5-13-9(8)12-4-1-2-6-14/h3,5,14H,1-2,4,6H2,(H,12,13)(H,15,16). The number of pyridine rings is 1. The Morgan fingerprint density at radius 1 is 1.50 bits per heavy atom. The van der Waals surface area contributed by atoms with Crippen LogP contribution in [0.5, 0.6) is 0 Å². The zero-order valence-corrected chi connectivity index (χ0v) is 9.37. The number of carboxylic acid groups (broad SMARTS) is 1. The average Bonchev–Trinajstić information content (AvgIpc) is 2.26. The van der Waals surface area contributed by atoms with E-state index in [1.54, 1.807) is 0 Å². The Bertz CT molecular complexity index is 371. The van der Waals surface area contributed by atoms with Crippen molar-refractivity contribution < 1.29 is 15.0 Å². The molecule has 0 saturated carbocycles. The zero-order chi connectivity index (χ0) is 12.0. The largest absolute Gasteiger partial charge is 0.478 e. The molecule has 16 heavy (non-hydrogen) atoms. The molecule has 0 aliphatic rings. The minimum atomic E-state index is -1.08. The van der Waals surface area contributed by atoms with Gasteiger partial charge in [0.25, 0.3) is 0 Å². The maximum Gasteiger partial charge on any atom is 0.337 e. The van der Waals surface area contributed by atoms with E-state index in [0.717, 1.165) is 6.42 Å². The first-order valence-electron chi connectivity index (χ1n) is 4.89. The molecule has 0 amide bonds. The lowest BCUT2D eigenvalue weighted by molar-refractivity contribution is 0.0697. The third kappa shape index (κ3) is 3.36. The third-order valence-electron chi connectivity index (χ3n) is 2.00. The zero-order valence-electron chi connectivity index (χ0n) is 8.61. The predicted octanol–water partition coefficient (Wildman–Crippen LogP) is 1.62. The molecule has 0 aliphatic carbocycles. The first-order valence-corrected chi connectivity index (χ1v) is 5.27. The molecular weight excluding hydrogens is 232 g/mol. The lowest BCUT2D eigenvalue weighted by Crippen LogP contribution is -2.07. The molecule has 0 saturated heterocycles. The van der Waals surface area contributed by atoms with Crippen LogP contribution in [0.2, 0.25) is 5.02 Å². The molecule has 0 radical (unpaired) electrons. The molecule has 0 unspecified atom stereocenters. The van der Waals surface area contributed by atoms with Gasteiger partial charge in [-0.05, 0) is 18.9 Å². The van der Waals surface area contributed by atoms with Crippen molar-refractivity contribution in [1.82, 2.24) is 4.98 Å². The van der Waals surface area contributed by atoms with E-state index in [-0.39, 0.29) is 17.2 Å². The number of halogens is 1. The Hall–Kier alpha value is -1.33. The van der Waals surface area contributed by atoms with Gasteiger partial charge in [0.05, 0.1) is 10.6 Å². The average molecular weight is 245 g/mol. The van der Waals surface area contributed by atoms with Crippen molar-refractivity contribution in [1.29, 1.82) is 0 Å². The fraction of sp³-hybridized carbons (Fsp3) is 0.400. The number of aliphatic hydroxyl groups excluding tert-OH is 1. The number of hydrogen-bond donors (Lipinski definition) is 3. The second-order valence-corrected chi connectivity index (χ2v) is 3.56. The highest BCUT2D eigenvalue weighted by Gasteiger charge is 2.12. The van der Waals surface area contributed by atoms with Crippen LogP contribution in [0, 0.1) is 0 Å². The van der Waals surface area contributed by atoms with Crippen LogP contribution in [0.15, 0.2) is 12.3 Å². The molecule has 1 aromatic rings. The van der Waals surface area contributed by atoms with Gasteiger partial charge in [-0.1, -0.05) is 11.6 Å². The molecule has 0 spiro atoms. The normalized spacial score (nSPS) is 10.1. The highest BCUT2D eigenvalue weighted by atomic mass is 35.5. The fourth-order valence-electron chi connectivity index (χ4n) is 1.18. The summed E-state index contributed by atoms with van der Waals surface area (Å²) in [7, 11) is 0. The molecule has 5 nitrogen and oxygen atoms in total. The topological polar surface area (TPSA) is 82.5 Å². The quantitative estimate of drug-likeness (QED) is 0.663. The SMILES string of the molecule is O=C(O)c1ccnc(NCCCCO)c1Cl. The Morgan fingerprint density at radius 3 is 2.88 bits per heavy atom. The van der Waals surface area contributed by atoms with Crippen molar-refractivity contribution >= 4 is 23.4 Å². The molecule has 1 rings (SSSR count). The van der Waals surface area contributed by atoms with Gasteiger partial charge in [0.15, 0.2) is 0 Å². The molecule has 0 aromatic carbocycles. The van der Waals surface area contributed by atoms with E-state index in [2.05, 4.69) is 10.3 Å². The number of nitrogens with zero attached hydrogens (tertiary/aromatic N) is 1. The van der Waals surface area contributed by atoms with Crippen LogP contribution in [-0.2, 0) is 0 Å². The van der Waals surface area contributed by atoms with E-state index in [1.807, 2.05) is 0 Å². The summed E-state index contributed by atoms with van der Waals surface area (Å²) >= 11 is 5.86. The van der Waals surface area contributed by atoms with Gasteiger partial charge in [-0.15, -0.1) is 0 Å². The summed E-state index contributed by atoms with van der Waals surface area (Å²) in [5, 5.41) is 20.5. The van der Waals surface area contributed by atoms with Crippen LogP contribution in [0.25, 0.3) is 0 Å². The van der Waals surface area contributed by atoms with Crippen LogP contribution < -0.4 is 5.32 Å². The molecule has 0 aliphatic heterocycles. The number of unbranched alkanes of at least 4 members (excludes halogenated alkanes) is 1. The first kappa shape index (κ1) is 12.7. The highest BCUT2D eigenvalue weighted by Crippen LogP contribution is 2.23. The number of carbonyl (C=O) groups is 1. The molecule has 0 atom stereocenters. The number of nitrogens with one attached hydrogen (secondary N) is 1. The van der Waals surface area contributed by atoms with Gasteiger partial charge in [0.2, 0.25) is 0 Å². The van der Waals surface area contributed by atoms with Crippen molar-refractivity contribution in [3.63, 3.8) is 0 Å². The molecule has 0 fully saturated rings. The Balaban J connectivity index is 2.66. The van der Waals surface area contributed by atoms with E-state index in [9.17, 15) is 4.79 Å². The molecule has 1 aromatic heterocycles. The number of rotatable bonds is 6. The molecular formula is C10H13ClN2O3. The number of aliphatic hydroxyl groups is 1. The van der Waals surface area contributed by atoms with Gasteiger partial charge in [0, 0.05) is 19.3 Å². The fourth-order valence-corrected chi connectivity index (χ4v) is 1.44. The third-order valence-corrected chi connectivity index (χ3v) is 2.38. The minimum Gasteiger partial charge on any atom is -0.478 e. The van der Waals surface area contributed by atoms with Crippen molar-refractivity contribution in [3.8, 4) is 0 Å². The summed E-state index contributed by atoms with van der Waals surface area (Å²) in [6.07, 6.45) is 2.85. The predicted molar refractivity (Wildman–Crippen MR) is 61.0 cm³/mol. The van der Waals surface area contributed by atoms with Crippen molar-refractivity contribution in [2.75, 3.05) is 18.5 Å². The van der Waals surface area contributed by atoms with Gasteiger partial charge in [0.1, 0.15) is 5.82 Å². The number of anilines is 1. The molecule has 6 heteroatoms.